The first kappa shape index (κ1) is 20.9. The maximum Gasteiger partial charge on any atom is 0.230 e. The highest BCUT2D eigenvalue weighted by molar-refractivity contribution is 7.99. The van der Waals surface area contributed by atoms with Crippen molar-refractivity contribution in [2.45, 2.75) is 25.5 Å². The van der Waals surface area contributed by atoms with Gasteiger partial charge in [-0.1, -0.05) is 36.0 Å². The van der Waals surface area contributed by atoms with Crippen LogP contribution in [-0.2, 0) is 11.3 Å². The summed E-state index contributed by atoms with van der Waals surface area (Å²) in [6.07, 6.45) is 3.38. The molecule has 2 heterocycles. The third-order valence-corrected chi connectivity index (χ3v) is 5.90. The molecule has 0 spiro atoms. The van der Waals surface area contributed by atoms with Gasteiger partial charge in [-0.2, -0.15) is 5.10 Å². The molecule has 0 saturated carbocycles. The van der Waals surface area contributed by atoms with E-state index in [0.29, 0.717) is 17.4 Å². The maximum absolute atomic E-state index is 13.5. The lowest BCUT2D eigenvalue weighted by molar-refractivity contribution is -0.118. The summed E-state index contributed by atoms with van der Waals surface area (Å²) >= 11 is 1.30. The predicted octanol–water partition coefficient (Wildman–Crippen LogP) is 4.22. The standard InChI is InChI=1S/C23H22FN5OS/c1-16-21(17(2)29(27-16)19-8-4-3-5-9-19)14-26-22(30)15-31-23-25-11-12-28(23)20-10-6-7-18(24)13-20/h3-13H,14-15H2,1-2H3,(H,26,30). The number of carbonyl (C=O) groups is 1. The van der Waals surface area contributed by atoms with Crippen LogP contribution >= 0.6 is 11.8 Å². The summed E-state index contributed by atoms with van der Waals surface area (Å²) in [4.78, 5) is 16.7. The summed E-state index contributed by atoms with van der Waals surface area (Å²) in [5.41, 5.74) is 4.54. The van der Waals surface area contributed by atoms with Crippen LogP contribution in [0.2, 0.25) is 0 Å². The number of nitrogens with one attached hydrogen (secondary N) is 1. The van der Waals surface area contributed by atoms with Crippen LogP contribution in [0.3, 0.4) is 0 Å². The number of imidazole rings is 1. The van der Waals surface area contributed by atoms with Gasteiger partial charge in [0.25, 0.3) is 0 Å². The third-order valence-electron chi connectivity index (χ3n) is 4.93. The molecule has 0 aliphatic carbocycles. The second-order valence-electron chi connectivity index (χ2n) is 7.02. The molecule has 0 atom stereocenters. The summed E-state index contributed by atoms with van der Waals surface area (Å²) in [5.74, 6) is -0.219. The van der Waals surface area contributed by atoms with Gasteiger partial charge in [0, 0.05) is 30.2 Å². The zero-order valence-corrected chi connectivity index (χ0v) is 18.1. The van der Waals surface area contributed by atoms with Gasteiger partial charge in [0.05, 0.1) is 22.8 Å². The van der Waals surface area contributed by atoms with Gasteiger partial charge in [-0.3, -0.25) is 9.36 Å². The second-order valence-corrected chi connectivity index (χ2v) is 7.96. The quantitative estimate of drug-likeness (QED) is 0.442. The van der Waals surface area contributed by atoms with Gasteiger partial charge in [0.15, 0.2) is 5.16 Å². The van der Waals surface area contributed by atoms with E-state index in [2.05, 4.69) is 15.4 Å². The molecule has 1 amide bonds. The Kier molecular flexibility index (Phi) is 6.18. The van der Waals surface area contributed by atoms with E-state index >= 15 is 0 Å². The fourth-order valence-corrected chi connectivity index (χ4v) is 4.14. The Morgan fingerprint density at radius 2 is 1.87 bits per heavy atom. The second kappa shape index (κ2) is 9.18. The first-order valence-electron chi connectivity index (χ1n) is 9.82. The van der Waals surface area contributed by atoms with Crippen LogP contribution in [0.4, 0.5) is 4.39 Å². The highest BCUT2D eigenvalue weighted by Crippen LogP contribution is 2.21. The molecule has 2 aromatic heterocycles. The summed E-state index contributed by atoms with van der Waals surface area (Å²) in [6.45, 7) is 4.35. The highest BCUT2D eigenvalue weighted by atomic mass is 32.2. The molecule has 31 heavy (non-hydrogen) atoms. The molecule has 1 N–H and O–H groups in total. The summed E-state index contributed by atoms with van der Waals surface area (Å²) < 4.78 is 17.2. The summed E-state index contributed by atoms with van der Waals surface area (Å²) in [7, 11) is 0. The molecule has 158 valence electrons. The molecule has 0 radical (unpaired) electrons. The Morgan fingerprint density at radius 3 is 2.65 bits per heavy atom. The number of thioether (sulfide) groups is 1. The highest BCUT2D eigenvalue weighted by Gasteiger charge is 2.14. The van der Waals surface area contributed by atoms with Crippen molar-refractivity contribution in [3.05, 3.63) is 89.8 Å². The van der Waals surface area contributed by atoms with Crippen LogP contribution in [-0.4, -0.2) is 31.0 Å². The number of para-hydroxylation sites is 1. The molecule has 0 unspecified atom stereocenters. The van der Waals surface area contributed by atoms with Gasteiger partial charge in [-0.15, -0.1) is 0 Å². The number of halogens is 1. The number of hydrogen-bond acceptors (Lipinski definition) is 4. The molecule has 8 heteroatoms. The number of rotatable bonds is 7. The Labute approximate surface area is 184 Å². The summed E-state index contributed by atoms with van der Waals surface area (Å²) in [6, 6.07) is 16.2. The number of nitrogens with zero attached hydrogens (tertiary/aromatic N) is 4. The van der Waals surface area contributed by atoms with Gasteiger partial charge in [0.1, 0.15) is 5.82 Å². The van der Waals surface area contributed by atoms with E-state index in [-0.39, 0.29) is 17.5 Å². The molecule has 0 fully saturated rings. The lowest BCUT2D eigenvalue weighted by atomic mass is 10.2. The molecular weight excluding hydrogens is 413 g/mol. The van der Waals surface area contributed by atoms with E-state index in [0.717, 1.165) is 22.6 Å². The van der Waals surface area contributed by atoms with E-state index < -0.39 is 0 Å². The first-order valence-corrected chi connectivity index (χ1v) is 10.8. The largest absolute Gasteiger partial charge is 0.351 e. The molecule has 0 bridgehead atoms. The molecule has 4 rings (SSSR count). The summed E-state index contributed by atoms with van der Waals surface area (Å²) in [5, 5.41) is 8.21. The number of carbonyl (C=O) groups excluding carboxylic acids is 1. The van der Waals surface area contributed by atoms with Crippen molar-refractivity contribution in [3.8, 4) is 11.4 Å². The van der Waals surface area contributed by atoms with Crippen molar-refractivity contribution in [1.29, 1.82) is 0 Å². The van der Waals surface area contributed by atoms with E-state index in [1.807, 2.05) is 48.9 Å². The molecule has 6 nitrogen and oxygen atoms in total. The van der Waals surface area contributed by atoms with Crippen LogP contribution in [0, 0.1) is 19.7 Å². The number of aromatic nitrogens is 4. The molecule has 2 aromatic carbocycles. The van der Waals surface area contributed by atoms with Gasteiger partial charge in [0.2, 0.25) is 5.91 Å². The van der Waals surface area contributed by atoms with Crippen LogP contribution in [0.25, 0.3) is 11.4 Å². The van der Waals surface area contributed by atoms with E-state index in [1.54, 1.807) is 29.1 Å². The van der Waals surface area contributed by atoms with Crippen LogP contribution < -0.4 is 5.32 Å². The van der Waals surface area contributed by atoms with Crippen molar-refractivity contribution in [2.75, 3.05) is 5.75 Å². The lowest BCUT2D eigenvalue weighted by Gasteiger charge is -2.09. The number of amides is 1. The van der Waals surface area contributed by atoms with Gasteiger partial charge >= 0.3 is 0 Å². The van der Waals surface area contributed by atoms with Crippen LogP contribution in [0.1, 0.15) is 17.0 Å². The van der Waals surface area contributed by atoms with Crippen LogP contribution in [0.5, 0.6) is 0 Å². The van der Waals surface area contributed by atoms with Crippen molar-refractivity contribution in [3.63, 3.8) is 0 Å². The Morgan fingerprint density at radius 1 is 1.10 bits per heavy atom. The monoisotopic (exact) mass is 435 g/mol. The average molecular weight is 436 g/mol. The Hall–Kier alpha value is -3.39. The zero-order chi connectivity index (χ0) is 21.8. The van der Waals surface area contributed by atoms with Crippen molar-refractivity contribution < 1.29 is 9.18 Å². The SMILES string of the molecule is Cc1nn(-c2ccccc2)c(C)c1CNC(=O)CSc1nccn1-c1cccc(F)c1. The minimum atomic E-state index is -0.318. The zero-order valence-electron chi connectivity index (χ0n) is 17.2. The average Bonchev–Trinajstić information content (AvgIpc) is 3.36. The lowest BCUT2D eigenvalue weighted by Crippen LogP contribution is -2.25. The molecule has 4 aromatic rings. The Bertz CT molecular complexity index is 1200. The molecular formula is C23H22FN5OS. The molecule has 0 aliphatic rings. The number of aryl methyl sites for hydroxylation is 1. The van der Waals surface area contributed by atoms with Gasteiger partial charge in [-0.25, -0.2) is 14.1 Å². The Balaban J connectivity index is 1.38. The van der Waals surface area contributed by atoms with Crippen molar-refractivity contribution in [2.24, 2.45) is 0 Å². The minimum Gasteiger partial charge on any atom is -0.351 e. The minimum absolute atomic E-state index is 0.106. The van der Waals surface area contributed by atoms with Crippen molar-refractivity contribution in [1.82, 2.24) is 24.6 Å². The molecule has 0 aliphatic heterocycles. The fraction of sp³-hybridized carbons (Fsp3) is 0.174. The first-order chi connectivity index (χ1) is 15.0. The van der Waals surface area contributed by atoms with Crippen molar-refractivity contribution >= 4 is 17.7 Å². The fourth-order valence-electron chi connectivity index (χ4n) is 3.34. The topological polar surface area (TPSA) is 64.7 Å². The van der Waals surface area contributed by atoms with E-state index in [9.17, 15) is 9.18 Å². The van der Waals surface area contributed by atoms with E-state index in [4.69, 9.17) is 0 Å². The normalized spacial score (nSPS) is 10.9. The van der Waals surface area contributed by atoms with Gasteiger partial charge < -0.3 is 5.32 Å². The third kappa shape index (κ3) is 4.69. The number of hydrogen-bond donors (Lipinski definition) is 1. The maximum atomic E-state index is 13.5. The van der Waals surface area contributed by atoms with Crippen LogP contribution in [0.15, 0.2) is 72.1 Å². The van der Waals surface area contributed by atoms with E-state index in [1.165, 1.54) is 23.9 Å². The smallest absolute Gasteiger partial charge is 0.230 e. The number of benzene rings is 2. The van der Waals surface area contributed by atoms with Gasteiger partial charge in [-0.05, 0) is 44.2 Å². The predicted molar refractivity (Wildman–Crippen MR) is 119 cm³/mol. The molecule has 0 saturated heterocycles.